The van der Waals surface area contributed by atoms with Crippen molar-refractivity contribution in [2.75, 3.05) is 13.7 Å². The highest BCUT2D eigenvalue weighted by atomic mass is 16.5. The first-order valence-corrected chi connectivity index (χ1v) is 7.26. The summed E-state index contributed by atoms with van der Waals surface area (Å²) in [6, 6.07) is 16.5. The maximum Gasteiger partial charge on any atom is 0.162 e. The third kappa shape index (κ3) is 4.28. The van der Waals surface area contributed by atoms with Crippen LogP contribution < -0.4 is 14.8 Å². The zero-order valence-electron chi connectivity index (χ0n) is 13.0. The molecule has 1 atom stereocenters. The van der Waals surface area contributed by atoms with Crippen LogP contribution in [-0.4, -0.2) is 13.7 Å². The van der Waals surface area contributed by atoms with E-state index < -0.39 is 0 Å². The van der Waals surface area contributed by atoms with E-state index in [-0.39, 0.29) is 12.6 Å². The lowest BCUT2D eigenvalue weighted by Crippen LogP contribution is -2.18. The van der Waals surface area contributed by atoms with Crippen LogP contribution in [0.2, 0.25) is 0 Å². The summed E-state index contributed by atoms with van der Waals surface area (Å²) in [5.74, 6) is 3.81. The third-order valence-corrected chi connectivity index (χ3v) is 3.45. The summed E-state index contributed by atoms with van der Waals surface area (Å²) in [5.41, 5.74) is 2.40. The molecule has 0 radical (unpaired) electrons. The number of terminal acetylenes is 1. The van der Waals surface area contributed by atoms with Gasteiger partial charge in [-0.2, -0.15) is 0 Å². The molecule has 2 aromatic carbocycles. The number of hydrogen-bond acceptors (Lipinski definition) is 3. The summed E-state index contributed by atoms with van der Waals surface area (Å²) in [6.07, 6.45) is 5.21. The molecule has 0 spiro atoms. The molecule has 0 amide bonds. The Morgan fingerprint density at radius 2 is 1.91 bits per heavy atom. The van der Waals surface area contributed by atoms with Gasteiger partial charge in [-0.25, -0.2) is 0 Å². The highest BCUT2D eigenvalue weighted by Crippen LogP contribution is 2.28. The second-order valence-electron chi connectivity index (χ2n) is 4.99. The van der Waals surface area contributed by atoms with Crippen molar-refractivity contribution >= 4 is 0 Å². The molecule has 2 rings (SSSR count). The number of rotatable bonds is 7. The van der Waals surface area contributed by atoms with Gasteiger partial charge in [0.05, 0.1) is 7.11 Å². The molecule has 0 saturated carbocycles. The summed E-state index contributed by atoms with van der Waals surface area (Å²) >= 11 is 0. The Bertz CT molecular complexity index is 632. The van der Waals surface area contributed by atoms with Crippen LogP contribution in [0.4, 0.5) is 0 Å². The maximum atomic E-state index is 5.45. The Kier molecular flexibility index (Phi) is 5.88. The summed E-state index contributed by atoms with van der Waals surface area (Å²) in [7, 11) is 1.63. The molecular formula is C19H21NO2. The van der Waals surface area contributed by atoms with Gasteiger partial charge in [0.25, 0.3) is 0 Å². The Balaban J connectivity index is 2.00. The van der Waals surface area contributed by atoms with Gasteiger partial charge in [0, 0.05) is 12.6 Å². The first-order valence-electron chi connectivity index (χ1n) is 7.26. The second-order valence-corrected chi connectivity index (χ2v) is 4.99. The number of ether oxygens (including phenoxy) is 2. The van der Waals surface area contributed by atoms with Crippen molar-refractivity contribution in [1.29, 1.82) is 0 Å². The predicted molar refractivity (Wildman–Crippen MR) is 89.0 cm³/mol. The largest absolute Gasteiger partial charge is 0.493 e. The van der Waals surface area contributed by atoms with Gasteiger partial charge < -0.3 is 14.8 Å². The second kappa shape index (κ2) is 8.11. The van der Waals surface area contributed by atoms with Crippen LogP contribution in [0, 0.1) is 12.3 Å². The molecule has 1 N–H and O–H groups in total. The minimum absolute atomic E-state index is 0.235. The topological polar surface area (TPSA) is 30.5 Å². The lowest BCUT2D eigenvalue weighted by Gasteiger charge is -2.15. The van der Waals surface area contributed by atoms with Crippen molar-refractivity contribution in [3.8, 4) is 23.8 Å². The molecule has 0 unspecified atom stereocenters. The molecule has 0 aliphatic rings. The van der Waals surface area contributed by atoms with Crippen molar-refractivity contribution < 1.29 is 9.47 Å². The smallest absolute Gasteiger partial charge is 0.162 e. The van der Waals surface area contributed by atoms with E-state index in [0.29, 0.717) is 11.5 Å². The fourth-order valence-corrected chi connectivity index (χ4v) is 2.19. The molecular weight excluding hydrogens is 274 g/mol. The van der Waals surface area contributed by atoms with E-state index >= 15 is 0 Å². The van der Waals surface area contributed by atoms with E-state index in [2.05, 4.69) is 30.3 Å². The van der Waals surface area contributed by atoms with Crippen molar-refractivity contribution in [1.82, 2.24) is 5.32 Å². The van der Waals surface area contributed by atoms with Crippen LogP contribution in [0.1, 0.15) is 24.1 Å². The average Bonchev–Trinajstić information content (AvgIpc) is 2.58. The molecule has 0 heterocycles. The van der Waals surface area contributed by atoms with Crippen molar-refractivity contribution in [2.24, 2.45) is 0 Å². The predicted octanol–water partition coefficient (Wildman–Crippen LogP) is 3.56. The standard InChI is InChI=1S/C19H21NO2/c1-4-12-22-18-11-10-16(13-19(18)21-3)14-20-15(2)17-8-6-5-7-9-17/h1,5-11,13,15,20H,12,14H2,2-3H3/t15-/m0/s1. The summed E-state index contributed by atoms with van der Waals surface area (Å²) < 4.78 is 10.8. The first kappa shape index (κ1) is 15.9. The van der Waals surface area contributed by atoms with Gasteiger partial charge in [0.15, 0.2) is 11.5 Å². The highest BCUT2D eigenvalue weighted by molar-refractivity contribution is 5.43. The maximum absolute atomic E-state index is 5.45. The van der Waals surface area contributed by atoms with Crippen LogP contribution in [0.5, 0.6) is 11.5 Å². The highest BCUT2D eigenvalue weighted by Gasteiger charge is 2.07. The van der Waals surface area contributed by atoms with Crippen LogP contribution >= 0.6 is 0 Å². The molecule has 0 bridgehead atoms. The molecule has 114 valence electrons. The van der Waals surface area contributed by atoms with Gasteiger partial charge in [-0.1, -0.05) is 42.3 Å². The van der Waals surface area contributed by atoms with E-state index in [0.717, 1.165) is 12.1 Å². The van der Waals surface area contributed by atoms with E-state index in [9.17, 15) is 0 Å². The van der Waals surface area contributed by atoms with Gasteiger partial charge in [-0.05, 0) is 30.2 Å². The third-order valence-electron chi connectivity index (χ3n) is 3.45. The number of methoxy groups -OCH3 is 1. The van der Waals surface area contributed by atoms with Crippen LogP contribution in [-0.2, 0) is 6.54 Å². The lowest BCUT2D eigenvalue weighted by molar-refractivity contribution is 0.330. The molecule has 0 aliphatic carbocycles. The van der Waals surface area contributed by atoms with Crippen LogP contribution in [0.15, 0.2) is 48.5 Å². The number of hydrogen-bond donors (Lipinski definition) is 1. The van der Waals surface area contributed by atoms with E-state index in [4.69, 9.17) is 15.9 Å². The fraction of sp³-hybridized carbons (Fsp3) is 0.263. The zero-order valence-corrected chi connectivity index (χ0v) is 13.0. The summed E-state index contributed by atoms with van der Waals surface area (Å²) in [5, 5.41) is 3.50. The molecule has 0 aromatic heterocycles. The Labute approximate surface area is 132 Å². The van der Waals surface area contributed by atoms with Crippen molar-refractivity contribution in [3.05, 3.63) is 59.7 Å². The molecule has 0 fully saturated rings. The monoisotopic (exact) mass is 295 g/mol. The first-order chi connectivity index (χ1) is 10.7. The van der Waals surface area contributed by atoms with E-state index in [1.165, 1.54) is 5.56 Å². The Morgan fingerprint density at radius 1 is 1.14 bits per heavy atom. The molecule has 0 aliphatic heterocycles. The molecule has 3 nitrogen and oxygen atoms in total. The number of benzene rings is 2. The SMILES string of the molecule is C#CCOc1ccc(CN[C@@H](C)c2ccccc2)cc1OC. The van der Waals surface area contributed by atoms with Gasteiger partial charge in [0.1, 0.15) is 6.61 Å². The van der Waals surface area contributed by atoms with Gasteiger partial charge in [-0.3, -0.25) is 0 Å². The number of nitrogens with one attached hydrogen (secondary N) is 1. The summed E-state index contributed by atoms with van der Waals surface area (Å²) in [4.78, 5) is 0. The zero-order chi connectivity index (χ0) is 15.8. The van der Waals surface area contributed by atoms with E-state index in [1.807, 2.05) is 36.4 Å². The molecule has 0 saturated heterocycles. The summed E-state index contributed by atoms with van der Waals surface area (Å²) in [6.45, 7) is 3.14. The van der Waals surface area contributed by atoms with Gasteiger partial charge in [-0.15, -0.1) is 6.42 Å². The fourth-order valence-electron chi connectivity index (χ4n) is 2.19. The van der Waals surface area contributed by atoms with Crippen molar-refractivity contribution in [2.45, 2.75) is 19.5 Å². The van der Waals surface area contributed by atoms with Crippen molar-refractivity contribution in [3.63, 3.8) is 0 Å². The van der Waals surface area contributed by atoms with Crippen LogP contribution in [0.25, 0.3) is 0 Å². The molecule has 2 aromatic rings. The minimum Gasteiger partial charge on any atom is -0.493 e. The van der Waals surface area contributed by atoms with Gasteiger partial charge in [0.2, 0.25) is 0 Å². The van der Waals surface area contributed by atoms with Crippen LogP contribution in [0.3, 0.4) is 0 Å². The van der Waals surface area contributed by atoms with Gasteiger partial charge >= 0.3 is 0 Å². The Hall–Kier alpha value is -2.44. The average molecular weight is 295 g/mol. The normalized spacial score (nSPS) is 11.5. The minimum atomic E-state index is 0.235. The molecule has 22 heavy (non-hydrogen) atoms. The molecule has 3 heteroatoms. The lowest BCUT2D eigenvalue weighted by atomic mass is 10.1. The quantitative estimate of drug-likeness (QED) is 0.792. The Morgan fingerprint density at radius 3 is 2.59 bits per heavy atom. The van der Waals surface area contributed by atoms with E-state index in [1.54, 1.807) is 7.11 Å².